The third-order valence-electron chi connectivity index (χ3n) is 2.90. The van der Waals surface area contributed by atoms with Gasteiger partial charge in [-0.05, 0) is 63.6 Å². The van der Waals surface area contributed by atoms with Crippen LogP contribution in [0.25, 0.3) is 5.76 Å². The van der Waals surface area contributed by atoms with Crippen LogP contribution in [0.4, 0.5) is 4.39 Å². The van der Waals surface area contributed by atoms with Crippen LogP contribution >= 0.6 is 7.82 Å². The maximum atomic E-state index is 13.2. The molecule has 0 unspecified atom stereocenters. The van der Waals surface area contributed by atoms with Gasteiger partial charge in [0, 0.05) is 11.6 Å². The van der Waals surface area contributed by atoms with Crippen LogP contribution in [-0.4, -0.2) is 25.8 Å². The van der Waals surface area contributed by atoms with Crippen LogP contribution in [0.1, 0.15) is 33.3 Å². The van der Waals surface area contributed by atoms with Crippen molar-refractivity contribution in [3.05, 3.63) is 53.4 Å². The molecule has 8 heteroatoms. The molecule has 1 rings (SSSR count). The Labute approximate surface area is 153 Å². The van der Waals surface area contributed by atoms with Crippen LogP contribution in [-0.2, 0) is 27.7 Å². The van der Waals surface area contributed by atoms with Crippen molar-refractivity contribution in [2.24, 2.45) is 0 Å². The minimum atomic E-state index is -3.86. The van der Waals surface area contributed by atoms with E-state index in [9.17, 15) is 13.8 Å². The highest BCUT2D eigenvalue weighted by molar-refractivity contribution is 7.48. The van der Waals surface area contributed by atoms with Crippen LogP contribution in [0.15, 0.2) is 42.0 Å². The van der Waals surface area contributed by atoms with Crippen molar-refractivity contribution >= 4 is 19.6 Å². The predicted octanol–water partition coefficient (Wildman–Crippen LogP) is 4.87. The Kier molecular flexibility index (Phi) is 9.27. The highest BCUT2D eigenvalue weighted by Gasteiger charge is 2.29. The average Bonchev–Trinajstić information content (AvgIpc) is 2.55. The number of hydrogen-bond acceptors (Lipinski definition) is 6. The van der Waals surface area contributed by atoms with E-state index in [0.717, 1.165) is 0 Å². The van der Waals surface area contributed by atoms with Gasteiger partial charge in [0.2, 0.25) is 0 Å². The Morgan fingerprint density at radius 3 is 2.12 bits per heavy atom. The minimum absolute atomic E-state index is 0.117. The van der Waals surface area contributed by atoms with Crippen molar-refractivity contribution in [2.75, 3.05) is 19.8 Å². The van der Waals surface area contributed by atoms with E-state index in [4.69, 9.17) is 18.3 Å². The summed E-state index contributed by atoms with van der Waals surface area (Å²) >= 11 is 0. The molecule has 0 bridgehead atoms. The molecule has 0 amide bonds. The van der Waals surface area contributed by atoms with Crippen LogP contribution in [0, 0.1) is 5.82 Å². The van der Waals surface area contributed by atoms with E-state index in [0.29, 0.717) is 11.1 Å². The van der Waals surface area contributed by atoms with Gasteiger partial charge in [0.15, 0.2) is 0 Å². The van der Waals surface area contributed by atoms with Gasteiger partial charge in [-0.3, -0.25) is 9.05 Å². The van der Waals surface area contributed by atoms with Gasteiger partial charge in [-0.1, -0.05) is 0 Å². The molecule has 144 valence electrons. The molecule has 0 spiro atoms. The molecule has 0 aliphatic carbocycles. The van der Waals surface area contributed by atoms with Crippen molar-refractivity contribution in [1.82, 2.24) is 0 Å². The fourth-order valence-corrected chi connectivity index (χ4v) is 3.13. The number of hydrogen-bond donors (Lipinski definition) is 0. The monoisotopic (exact) mass is 386 g/mol. The zero-order valence-corrected chi connectivity index (χ0v) is 16.3. The number of esters is 1. The first-order chi connectivity index (χ1) is 12.3. The van der Waals surface area contributed by atoms with Gasteiger partial charge in [-0.25, -0.2) is 13.8 Å². The summed E-state index contributed by atoms with van der Waals surface area (Å²) in [4.78, 5) is 11.6. The van der Waals surface area contributed by atoms with Gasteiger partial charge in [-0.2, -0.15) is 0 Å². The average molecular weight is 386 g/mol. The first kappa shape index (κ1) is 22.1. The zero-order chi connectivity index (χ0) is 19.6. The largest absolute Gasteiger partial charge is 0.530 e. The lowest BCUT2D eigenvalue weighted by Crippen LogP contribution is -2.02. The van der Waals surface area contributed by atoms with E-state index in [1.54, 1.807) is 27.7 Å². The van der Waals surface area contributed by atoms with Gasteiger partial charge in [0.05, 0.1) is 19.8 Å². The van der Waals surface area contributed by atoms with Gasteiger partial charge >= 0.3 is 13.8 Å². The molecule has 0 fully saturated rings. The summed E-state index contributed by atoms with van der Waals surface area (Å²) in [6, 6.07) is 5.40. The number of carbonyl (C=O) groups excluding carboxylic acids is 1. The molecule has 0 aliphatic heterocycles. The lowest BCUT2D eigenvalue weighted by atomic mass is 10.1. The molecule has 0 saturated heterocycles. The number of carbonyl (C=O) groups is 1. The topological polar surface area (TPSA) is 71.1 Å². The van der Waals surface area contributed by atoms with Gasteiger partial charge in [-0.15, -0.1) is 0 Å². The standard InChI is InChI=1S/C18H24FO6P/c1-5-22-18(20)13-14(4)12-17(15-8-10-16(19)11-9-15)25-26(21,23-6-2)24-7-3/h8-13H,5-7H2,1-4H3/b14-13+,17-12-. The van der Waals surface area contributed by atoms with E-state index in [-0.39, 0.29) is 25.6 Å². The number of halogens is 1. The molecule has 1 aromatic rings. The fraction of sp³-hybridized carbons (Fsp3) is 0.389. The molecule has 0 atom stereocenters. The molecular formula is C18H24FO6P. The van der Waals surface area contributed by atoms with E-state index < -0.39 is 19.6 Å². The van der Waals surface area contributed by atoms with Gasteiger partial charge < -0.3 is 9.26 Å². The quantitative estimate of drug-likeness (QED) is 0.188. The molecule has 0 heterocycles. The Hall–Kier alpha value is -1.95. The summed E-state index contributed by atoms with van der Waals surface area (Å²) in [7, 11) is -3.86. The number of phosphoric acid groups is 1. The Balaban J connectivity index is 3.25. The summed E-state index contributed by atoms with van der Waals surface area (Å²) in [6.07, 6.45) is 2.75. The van der Waals surface area contributed by atoms with Crippen molar-refractivity contribution < 1.29 is 32.1 Å². The van der Waals surface area contributed by atoms with E-state index in [1.807, 2.05) is 0 Å². The maximum absolute atomic E-state index is 13.2. The molecule has 0 saturated carbocycles. The third kappa shape index (κ3) is 7.52. The molecule has 6 nitrogen and oxygen atoms in total. The van der Waals surface area contributed by atoms with Crippen molar-refractivity contribution in [1.29, 1.82) is 0 Å². The summed E-state index contributed by atoms with van der Waals surface area (Å²) < 4.78 is 46.5. The predicted molar refractivity (Wildman–Crippen MR) is 96.7 cm³/mol. The van der Waals surface area contributed by atoms with E-state index in [2.05, 4.69) is 0 Å². The third-order valence-corrected chi connectivity index (χ3v) is 4.47. The minimum Gasteiger partial charge on any atom is -0.463 e. The summed E-state index contributed by atoms with van der Waals surface area (Å²) in [5, 5.41) is 0. The SMILES string of the molecule is CCOC(=O)/C=C(C)/C=C(\OP(=O)(OCC)OCC)c1ccc(F)cc1. The first-order valence-electron chi connectivity index (χ1n) is 8.25. The van der Waals surface area contributed by atoms with Crippen LogP contribution < -0.4 is 0 Å². The van der Waals surface area contributed by atoms with E-state index >= 15 is 0 Å². The summed E-state index contributed by atoms with van der Waals surface area (Å²) in [5.74, 6) is -0.824. The Bertz CT molecular complexity index is 686. The van der Waals surface area contributed by atoms with Crippen LogP contribution in [0.3, 0.4) is 0 Å². The molecule has 26 heavy (non-hydrogen) atoms. The number of benzene rings is 1. The summed E-state index contributed by atoms with van der Waals surface area (Å²) in [5.41, 5.74) is 0.935. The molecule has 0 N–H and O–H groups in total. The molecule has 0 aromatic heterocycles. The van der Waals surface area contributed by atoms with Gasteiger partial charge in [0.1, 0.15) is 11.6 Å². The summed E-state index contributed by atoms with van der Waals surface area (Å²) in [6.45, 7) is 7.14. The van der Waals surface area contributed by atoms with Crippen LogP contribution in [0.5, 0.6) is 0 Å². The van der Waals surface area contributed by atoms with Crippen molar-refractivity contribution in [2.45, 2.75) is 27.7 Å². The number of allylic oxidation sites excluding steroid dienone is 2. The normalized spacial score (nSPS) is 12.8. The van der Waals surface area contributed by atoms with Gasteiger partial charge in [0.25, 0.3) is 0 Å². The highest BCUT2D eigenvalue weighted by atomic mass is 31.2. The fourth-order valence-electron chi connectivity index (χ4n) is 1.92. The van der Waals surface area contributed by atoms with Crippen molar-refractivity contribution in [3.8, 4) is 0 Å². The Morgan fingerprint density at radius 1 is 1.04 bits per heavy atom. The van der Waals surface area contributed by atoms with Crippen LogP contribution in [0.2, 0.25) is 0 Å². The molecule has 0 aliphatic rings. The first-order valence-corrected chi connectivity index (χ1v) is 9.71. The van der Waals surface area contributed by atoms with E-state index in [1.165, 1.54) is 36.4 Å². The lowest BCUT2D eigenvalue weighted by Gasteiger charge is -2.19. The number of ether oxygens (including phenoxy) is 1. The maximum Gasteiger partial charge on any atom is 0.530 e. The second kappa shape index (κ2) is 10.9. The molecule has 1 aromatic carbocycles. The Morgan fingerprint density at radius 2 is 1.62 bits per heavy atom. The smallest absolute Gasteiger partial charge is 0.463 e. The number of phosphoric ester groups is 1. The molecular weight excluding hydrogens is 362 g/mol. The van der Waals surface area contributed by atoms with Crippen molar-refractivity contribution in [3.63, 3.8) is 0 Å². The molecule has 0 radical (unpaired) electrons. The second-order valence-electron chi connectivity index (χ2n) is 5.03. The highest BCUT2D eigenvalue weighted by Crippen LogP contribution is 2.52. The number of rotatable bonds is 10. The second-order valence-corrected chi connectivity index (χ2v) is 6.62. The zero-order valence-electron chi connectivity index (χ0n) is 15.4. The lowest BCUT2D eigenvalue weighted by molar-refractivity contribution is -0.137.